The number of Topliss-reactive ketones (excluding diaryl/α,β-unsaturated/α-hetero) is 1. The summed E-state index contributed by atoms with van der Waals surface area (Å²) < 4.78 is 0. The van der Waals surface area contributed by atoms with Gasteiger partial charge < -0.3 is 5.73 Å². The molecule has 8 nitrogen and oxygen atoms in total. The zero-order valence-corrected chi connectivity index (χ0v) is 20.6. The van der Waals surface area contributed by atoms with Crippen LogP contribution in [0, 0.1) is 22.7 Å². The molecule has 0 fully saturated rings. The van der Waals surface area contributed by atoms with Gasteiger partial charge in [0.25, 0.3) is 5.91 Å². The van der Waals surface area contributed by atoms with Gasteiger partial charge in [-0.2, -0.15) is 10.5 Å². The third kappa shape index (κ3) is 5.14. The van der Waals surface area contributed by atoms with Crippen LogP contribution in [-0.4, -0.2) is 33.4 Å². The quantitative estimate of drug-likeness (QED) is 0.154. The van der Waals surface area contributed by atoms with Crippen LogP contribution in [-0.2, 0) is 4.79 Å². The van der Waals surface area contributed by atoms with Gasteiger partial charge in [0.2, 0.25) is 6.41 Å². The molecule has 1 aromatic heterocycles. The van der Waals surface area contributed by atoms with Crippen molar-refractivity contribution in [2.45, 2.75) is 10.4 Å². The van der Waals surface area contributed by atoms with E-state index in [0.29, 0.717) is 5.56 Å². The van der Waals surface area contributed by atoms with E-state index in [1.165, 1.54) is 12.1 Å². The molecule has 1 heterocycles. The molecule has 3 aromatic carbocycles. The lowest BCUT2D eigenvalue weighted by Gasteiger charge is -2.26. The number of rotatable bonds is 8. The molecule has 0 radical (unpaired) electrons. The Balaban J connectivity index is 1.89. The number of hydrogen-bond donors (Lipinski definition) is 1. The van der Waals surface area contributed by atoms with Crippen LogP contribution < -0.4 is 5.73 Å². The number of nitrogen functional groups attached to an aromatic ring is 1. The van der Waals surface area contributed by atoms with Crippen molar-refractivity contribution in [2.24, 2.45) is 0 Å². The molecule has 4 rings (SSSR count). The van der Waals surface area contributed by atoms with Crippen LogP contribution in [0.1, 0.15) is 31.8 Å². The topological polar surface area (TPSA) is 141 Å². The Hall–Kier alpha value is -5.25. The van der Waals surface area contributed by atoms with E-state index in [2.05, 4.69) is 11.1 Å². The molecular weight excluding hydrogens is 498 g/mol. The maximum Gasteiger partial charge on any atom is 0.261 e. The number of carbonyl (C=O) groups excluding carboxylic acids is 3. The average Bonchev–Trinajstić information content (AvgIpc) is 2.97. The standard InChI is InChI=1S/C29H19N5O3S/c30-16-22-24(19-10-4-1-5-11-19)23(17-31)27(33-26(22)32)38-29(25(36)20-12-6-2-7-13-20)34(18-35)28(37)21-14-8-3-9-15-21/h1-15,18,29H,(H2,32,33). The molecular formula is C29H19N5O3S. The van der Waals surface area contributed by atoms with Crippen molar-refractivity contribution < 1.29 is 14.4 Å². The van der Waals surface area contributed by atoms with Gasteiger partial charge in [-0.3, -0.25) is 19.3 Å². The lowest BCUT2D eigenvalue weighted by atomic mass is 9.97. The van der Waals surface area contributed by atoms with Crippen molar-refractivity contribution in [1.29, 1.82) is 10.5 Å². The van der Waals surface area contributed by atoms with Gasteiger partial charge in [-0.05, 0) is 17.7 Å². The third-order valence-electron chi connectivity index (χ3n) is 5.61. The predicted molar refractivity (Wildman–Crippen MR) is 143 cm³/mol. The highest BCUT2D eigenvalue weighted by Crippen LogP contribution is 2.38. The number of imide groups is 1. The molecule has 1 atom stereocenters. The molecule has 2 N–H and O–H groups in total. The summed E-state index contributed by atoms with van der Waals surface area (Å²) in [5.41, 5.74) is 7.38. The van der Waals surface area contributed by atoms with Crippen molar-refractivity contribution in [2.75, 3.05) is 5.73 Å². The van der Waals surface area contributed by atoms with E-state index in [-0.39, 0.29) is 45.1 Å². The smallest absolute Gasteiger partial charge is 0.261 e. The van der Waals surface area contributed by atoms with E-state index in [4.69, 9.17) is 5.73 Å². The van der Waals surface area contributed by atoms with Crippen molar-refractivity contribution in [1.82, 2.24) is 9.88 Å². The highest BCUT2D eigenvalue weighted by Gasteiger charge is 2.34. The van der Waals surface area contributed by atoms with E-state index in [9.17, 15) is 24.9 Å². The Morgan fingerprint density at radius 1 is 0.842 bits per heavy atom. The first kappa shape index (κ1) is 25.8. The monoisotopic (exact) mass is 517 g/mol. The number of hydrogen-bond acceptors (Lipinski definition) is 8. The lowest BCUT2D eigenvalue weighted by Crippen LogP contribution is -2.42. The molecule has 1 unspecified atom stereocenters. The molecule has 2 amide bonds. The van der Waals surface area contributed by atoms with E-state index in [1.807, 2.05) is 6.07 Å². The molecule has 184 valence electrons. The van der Waals surface area contributed by atoms with E-state index >= 15 is 0 Å². The number of carbonyl (C=O) groups is 3. The molecule has 38 heavy (non-hydrogen) atoms. The van der Waals surface area contributed by atoms with Crippen LogP contribution >= 0.6 is 11.8 Å². The van der Waals surface area contributed by atoms with Gasteiger partial charge >= 0.3 is 0 Å². The molecule has 0 aliphatic carbocycles. The molecule has 0 saturated heterocycles. The maximum absolute atomic E-state index is 13.7. The number of pyridine rings is 1. The van der Waals surface area contributed by atoms with Crippen LogP contribution in [0.3, 0.4) is 0 Å². The number of nitriles is 2. The first-order valence-corrected chi connectivity index (χ1v) is 12.2. The number of amides is 2. The zero-order valence-electron chi connectivity index (χ0n) is 19.8. The van der Waals surface area contributed by atoms with E-state index in [1.54, 1.807) is 78.9 Å². The molecule has 9 heteroatoms. The van der Waals surface area contributed by atoms with Crippen LogP contribution in [0.4, 0.5) is 5.82 Å². The number of nitrogens with two attached hydrogens (primary N) is 1. The normalized spacial score (nSPS) is 11.0. The highest BCUT2D eigenvalue weighted by molar-refractivity contribution is 8.00. The highest BCUT2D eigenvalue weighted by atomic mass is 32.2. The fourth-order valence-corrected chi connectivity index (χ4v) is 4.93. The Bertz CT molecular complexity index is 1580. The Kier molecular flexibility index (Phi) is 7.92. The summed E-state index contributed by atoms with van der Waals surface area (Å²) >= 11 is 0.742. The molecule has 0 aliphatic heterocycles. The van der Waals surface area contributed by atoms with Crippen LogP contribution in [0.25, 0.3) is 11.1 Å². The largest absolute Gasteiger partial charge is 0.383 e. The van der Waals surface area contributed by atoms with Gasteiger partial charge in [0.1, 0.15) is 28.5 Å². The van der Waals surface area contributed by atoms with Gasteiger partial charge in [-0.15, -0.1) is 0 Å². The summed E-state index contributed by atoms with van der Waals surface area (Å²) in [6.45, 7) is 0. The summed E-state index contributed by atoms with van der Waals surface area (Å²) in [6, 6.07) is 29.0. The Morgan fingerprint density at radius 2 is 1.37 bits per heavy atom. The first-order valence-electron chi connectivity index (χ1n) is 11.3. The first-order chi connectivity index (χ1) is 18.5. The van der Waals surface area contributed by atoms with Crippen LogP contribution in [0.15, 0.2) is 96.0 Å². The average molecular weight is 518 g/mol. The summed E-state index contributed by atoms with van der Waals surface area (Å²) in [5, 5.41) is 18.5. The fraction of sp³-hybridized carbons (Fsp3) is 0.0345. The van der Waals surface area contributed by atoms with Gasteiger partial charge in [-0.25, -0.2) is 4.98 Å². The number of aromatic nitrogens is 1. The van der Waals surface area contributed by atoms with Crippen LogP contribution in [0.5, 0.6) is 0 Å². The van der Waals surface area contributed by atoms with Crippen molar-refractivity contribution in [3.63, 3.8) is 0 Å². The number of nitrogens with zero attached hydrogens (tertiary/aromatic N) is 4. The lowest BCUT2D eigenvalue weighted by molar-refractivity contribution is -0.116. The van der Waals surface area contributed by atoms with E-state index < -0.39 is 17.1 Å². The van der Waals surface area contributed by atoms with Gasteiger partial charge in [0.15, 0.2) is 11.2 Å². The van der Waals surface area contributed by atoms with Gasteiger partial charge in [0.05, 0.1) is 5.56 Å². The third-order valence-corrected chi connectivity index (χ3v) is 6.79. The number of thioether (sulfide) groups is 1. The molecule has 4 aromatic rings. The second-order valence-electron chi connectivity index (χ2n) is 7.90. The van der Waals surface area contributed by atoms with Crippen molar-refractivity contribution >= 4 is 35.7 Å². The van der Waals surface area contributed by atoms with Crippen molar-refractivity contribution in [3.8, 4) is 23.3 Å². The van der Waals surface area contributed by atoms with Gasteiger partial charge in [-0.1, -0.05) is 90.6 Å². The van der Waals surface area contributed by atoms with E-state index in [0.717, 1.165) is 16.7 Å². The molecule has 0 spiro atoms. The zero-order chi connectivity index (χ0) is 27.1. The molecule has 0 saturated carbocycles. The fourth-order valence-electron chi connectivity index (χ4n) is 3.80. The van der Waals surface area contributed by atoms with Crippen molar-refractivity contribution in [3.05, 3.63) is 113 Å². The molecule has 0 aliphatic rings. The minimum Gasteiger partial charge on any atom is -0.383 e. The van der Waals surface area contributed by atoms with Crippen LogP contribution in [0.2, 0.25) is 0 Å². The SMILES string of the molecule is N#Cc1c(N)nc(SC(C(=O)c2ccccc2)N(C=O)C(=O)c2ccccc2)c(C#N)c1-c1ccccc1. The predicted octanol–water partition coefficient (Wildman–Crippen LogP) is 4.67. The molecule has 0 bridgehead atoms. The summed E-state index contributed by atoms with van der Waals surface area (Å²) in [4.78, 5) is 44.3. The Morgan fingerprint density at radius 3 is 1.89 bits per heavy atom. The number of anilines is 1. The summed E-state index contributed by atoms with van der Waals surface area (Å²) in [6.07, 6.45) is 0.283. The summed E-state index contributed by atoms with van der Waals surface area (Å²) in [7, 11) is 0. The number of benzene rings is 3. The summed E-state index contributed by atoms with van der Waals surface area (Å²) in [5.74, 6) is -1.40. The minimum absolute atomic E-state index is 0.00387. The maximum atomic E-state index is 13.7. The second-order valence-corrected chi connectivity index (χ2v) is 8.97. The second kappa shape index (κ2) is 11.7. The minimum atomic E-state index is -1.42. The number of ketones is 1. The Labute approximate surface area is 223 Å². The van der Waals surface area contributed by atoms with Gasteiger partial charge in [0, 0.05) is 16.7 Å².